The number of nitrogens with zero attached hydrogens (tertiary/aromatic N) is 3. The van der Waals surface area contributed by atoms with Gasteiger partial charge in [-0.05, 0) is 76.0 Å². The summed E-state index contributed by atoms with van der Waals surface area (Å²) in [5.74, 6) is 2.72. The van der Waals surface area contributed by atoms with Gasteiger partial charge in [0, 0.05) is 26.2 Å². The van der Waals surface area contributed by atoms with Crippen molar-refractivity contribution in [3.05, 3.63) is 47.4 Å². The smallest absolute Gasteiger partial charge is 0.317 e. The van der Waals surface area contributed by atoms with Gasteiger partial charge >= 0.3 is 6.03 Å². The summed E-state index contributed by atoms with van der Waals surface area (Å²) >= 11 is 0. The van der Waals surface area contributed by atoms with Crippen LogP contribution in [-0.4, -0.2) is 86.7 Å². The number of benzene rings is 1. The largest absolute Gasteiger partial charge is 0.493 e. The first-order valence-electron chi connectivity index (χ1n) is 13.2. The van der Waals surface area contributed by atoms with E-state index in [1.54, 1.807) is 24.0 Å². The molecule has 9 nitrogen and oxygen atoms in total. The molecule has 3 amide bonds. The number of hydrogen-bond donors (Lipinski definition) is 1. The molecule has 1 aliphatic heterocycles. The van der Waals surface area contributed by atoms with Gasteiger partial charge in [0.2, 0.25) is 5.91 Å². The first kappa shape index (κ1) is 28.4. The predicted molar refractivity (Wildman–Crippen MR) is 143 cm³/mol. The number of likely N-dealkylation sites (tertiary alicyclic amines) is 1. The maximum atomic E-state index is 13.6. The zero-order valence-electron chi connectivity index (χ0n) is 22.8. The molecular weight excluding hydrogens is 472 g/mol. The summed E-state index contributed by atoms with van der Waals surface area (Å²) in [5, 5.41) is 2.87. The van der Waals surface area contributed by atoms with Crippen molar-refractivity contribution in [3.8, 4) is 11.5 Å². The lowest BCUT2D eigenvalue weighted by Crippen LogP contribution is -2.49. The third-order valence-corrected chi connectivity index (χ3v) is 6.69. The van der Waals surface area contributed by atoms with Crippen LogP contribution in [-0.2, 0) is 17.8 Å². The van der Waals surface area contributed by atoms with E-state index in [0.29, 0.717) is 44.1 Å². The Morgan fingerprint density at radius 3 is 2.41 bits per heavy atom. The van der Waals surface area contributed by atoms with Crippen molar-refractivity contribution in [2.75, 3.05) is 60.0 Å². The number of piperidine rings is 1. The molecule has 204 valence electrons. The molecule has 0 bridgehead atoms. The Labute approximate surface area is 220 Å². The summed E-state index contributed by atoms with van der Waals surface area (Å²) in [6.07, 6.45) is 4.26. The molecular formula is C28H42N4O5. The van der Waals surface area contributed by atoms with E-state index in [1.807, 2.05) is 44.2 Å². The van der Waals surface area contributed by atoms with Gasteiger partial charge in [0.05, 0.1) is 20.8 Å². The Balaban J connectivity index is 1.71. The molecule has 1 aromatic carbocycles. The average molecular weight is 515 g/mol. The Morgan fingerprint density at radius 2 is 1.76 bits per heavy atom. The minimum Gasteiger partial charge on any atom is -0.493 e. The van der Waals surface area contributed by atoms with Crippen molar-refractivity contribution in [1.29, 1.82) is 0 Å². The number of amides is 3. The highest BCUT2D eigenvalue weighted by Gasteiger charge is 2.23. The van der Waals surface area contributed by atoms with Crippen LogP contribution in [0, 0.1) is 6.92 Å². The summed E-state index contributed by atoms with van der Waals surface area (Å²) in [6.45, 7) is 8.51. The van der Waals surface area contributed by atoms with Crippen LogP contribution >= 0.6 is 0 Å². The molecule has 0 aliphatic carbocycles. The lowest BCUT2D eigenvalue weighted by Gasteiger charge is -2.31. The van der Waals surface area contributed by atoms with Crippen molar-refractivity contribution < 1.29 is 23.5 Å². The van der Waals surface area contributed by atoms with Gasteiger partial charge < -0.3 is 33.9 Å². The number of aryl methyl sites for hydroxylation is 1. The minimum atomic E-state index is -0.207. The van der Waals surface area contributed by atoms with Crippen LogP contribution in [0.4, 0.5) is 4.79 Å². The molecule has 1 N–H and O–H groups in total. The number of carbonyl (C=O) groups is 2. The zero-order valence-corrected chi connectivity index (χ0v) is 22.8. The number of methoxy groups -OCH3 is 2. The quantitative estimate of drug-likeness (QED) is 0.439. The average Bonchev–Trinajstić information content (AvgIpc) is 3.33. The molecule has 0 radical (unpaired) electrons. The molecule has 0 saturated carbocycles. The molecule has 1 aromatic heterocycles. The van der Waals surface area contributed by atoms with Gasteiger partial charge in [-0.25, -0.2) is 4.79 Å². The molecule has 0 unspecified atom stereocenters. The first-order valence-corrected chi connectivity index (χ1v) is 13.2. The number of urea groups is 1. The summed E-state index contributed by atoms with van der Waals surface area (Å²) in [4.78, 5) is 32.2. The van der Waals surface area contributed by atoms with Gasteiger partial charge in [-0.2, -0.15) is 0 Å². The predicted octanol–water partition coefficient (Wildman–Crippen LogP) is 3.69. The Hall–Kier alpha value is -3.20. The van der Waals surface area contributed by atoms with E-state index < -0.39 is 0 Å². The number of nitrogens with one attached hydrogen (secondary N) is 1. The third-order valence-electron chi connectivity index (χ3n) is 6.69. The Kier molecular flexibility index (Phi) is 11.1. The number of furan rings is 1. The number of rotatable bonds is 13. The number of carbonyl (C=O) groups excluding carboxylic acids is 2. The third kappa shape index (κ3) is 8.70. The van der Waals surface area contributed by atoms with E-state index in [0.717, 1.165) is 36.7 Å². The molecule has 3 rings (SSSR count). The number of hydrogen-bond acceptors (Lipinski definition) is 6. The lowest BCUT2D eigenvalue weighted by atomic mass is 10.1. The highest BCUT2D eigenvalue weighted by molar-refractivity contribution is 5.84. The monoisotopic (exact) mass is 514 g/mol. The highest BCUT2D eigenvalue weighted by atomic mass is 16.5. The molecule has 9 heteroatoms. The van der Waals surface area contributed by atoms with Crippen LogP contribution in [0.25, 0.3) is 0 Å². The van der Waals surface area contributed by atoms with Crippen molar-refractivity contribution in [1.82, 2.24) is 20.0 Å². The van der Waals surface area contributed by atoms with Gasteiger partial charge in [-0.15, -0.1) is 0 Å². The van der Waals surface area contributed by atoms with Crippen LogP contribution in [0.3, 0.4) is 0 Å². The van der Waals surface area contributed by atoms with E-state index >= 15 is 0 Å². The summed E-state index contributed by atoms with van der Waals surface area (Å²) < 4.78 is 16.5. The fourth-order valence-electron chi connectivity index (χ4n) is 4.57. The van der Waals surface area contributed by atoms with Crippen LogP contribution in [0.5, 0.6) is 11.5 Å². The van der Waals surface area contributed by atoms with E-state index in [1.165, 1.54) is 19.3 Å². The van der Waals surface area contributed by atoms with Gasteiger partial charge in [-0.3, -0.25) is 4.79 Å². The summed E-state index contributed by atoms with van der Waals surface area (Å²) in [5.41, 5.74) is 1.02. The van der Waals surface area contributed by atoms with Crippen LogP contribution in [0.1, 0.15) is 43.3 Å². The molecule has 1 fully saturated rings. The second-order valence-electron chi connectivity index (χ2n) is 9.43. The molecule has 37 heavy (non-hydrogen) atoms. The van der Waals surface area contributed by atoms with Crippen LogP contribution in [0.15, 0.2) is 34.7 Å². The lowest BCUT2D eigenvalue weighted by molar-refractivity contribution is -0.132. The second kappa shape index (κ2) is 14.5. The van der Waals surface area contributed by atoms with Crippen molar-refractivity contribution in [2.24, 2.45) is 0 Å². The molecule has 0 spiro atoms. The minimum absolute atomic E-state index is 0.0191. The number of ether oxygens (including phenoxy) is 2. The highest BCUT2D eigenvalue weighted by Crippen LogP contribution is 2.28. The van der Waals surface area contributed by atoms with Crippen molar-refractivity contribution in [2.45, 2.75) is 46.1 Å². The maximum Gasteiger partial charge on any atom is 0.317 e. The molecule has 1 aliphatic rings. The van der Waals surface area contributed by atoms with E-state index in [2.05, 4.69) is 10.2 Å². The zero-order chi connectivity index (χ0) is 26.6. The first-order chi connectivity index (χ1) is 17.9. The van der Waals surface area contributed by atoms with E-state index in [9.17, 15) is 9.59 Å². The molecule has 0 atom stereocenters. The SMILES string of the molecule is CCNC(=O)N(CCN1CCCCC1)CC(=O)N(CCc1ccc(OC)c(OC)c1)Cc1ccc(C)o1. The Bertz CT molecular complexity index is 1000. The fourth-order valence-corrected chi connectivity index (χ4v) is 4.57. The van der Waals surface area contributed by atoms with Crippen molar-refractivity contribution >= 4 is 11.9 Å². The van der Waals surface area contributed by atoms with Crippen molar-refractivity contribution in [3.63, 3.8) is 0 Å². The fraction of sp³-hybridized carbons (Fsp3) is 0.571. The van der Waals surface area contributed by atoms with Gasteiger partial charge in [-0.1, -0.05) is 12.5 Å². The van der Waals surface area contributed by atoms with Crippen LogP contribution < -0.4 is 14.8 Å². The topological polar surface area (TPSA) is 87.5 Å². The molecule has 2 aromatic rings. The Morgan fingerprint density at radius 1 is 1.00 bits per heavy atom. The summed E-state index contributed by atoms with van der Waals surface area (Å²) in [6, 6.07) is 9.35. The van der Waals surface area contributed by atoms with Gasteiger partial charge in [0.15, 0.2) is 11.5 Å². The standard InChI is InChI=1S/C28H42N4O5/c1-5-29-28(34)32(18-17-30-14-7-6-8-15-30)21-27(33)31(20-24-11-9-22(2)37-24)16-13-23-10-12-25(35-3)26(19-23)36-4/h9-12,19H,5-8,13-18,20-21H2,1-4H3,(H,29,34). The van der Waals surface area contributed by atoms with E-state index in [4.69, 9.17) is 13.9 Å². The molecule has 2 heterocycles. The van der Waals surface area contributed by atoms with Gasteiger partial charge in [0.1, 0.15) is 18.1 Å². The van der Waals surface area contributed by atoms with Gasteiger partial charge in [0.25, 0.3) is 0 Å². The summed E-state index contributed by atoms with van der Waals surface area (Å²) in [7, 11) is 3.21. The second-order valence-corrected chi connectivity index (χ2v) is 9.43. The normalized spacial score (nSPS) is 13.7. The maximum absolute atomic E-state index is 13.6. The molecule has 1 saturated heterocycles. The van der Waals surface area contributed by atoms with Crippen LogP contribution in [0.2, 0.25) is 0 Å². The van der Waals surface area contributed by atoms with E-state index in [-0.39, 0.29) is 18.5 Å².